The van der Waals surface area contributed by atoms with E-state index in [1.165, 1.54) is 11.0 Å². The zero-order valence-corrected chi connectivity index (χ0v) is 45.9. The lowest BCUT2D eigenvalue weighted by molar-refractivity contribution is -0.144. The van der Waals surface area contributed by atoms with Crippen molar-refractivity contribution in [2.75, 3.05) is 57.4 Å². The van der Waals surface area contributed by atoms with Gasteiger partial charge in [-0.25, -0.2) is 13.8 Å². The van der Waals surface area contributed by atoms with Crippen molar-refractivity contribution >= 4 is 68.8 Å². The second-order valence-electron chi connectivity index (χ2n) is 22.2. The lowest BCUT2D eigenvalue weighted by atomic mass is 9.85. The predicted molar refractivity (Wildman–Crippen MR) is 294 cm³/mol. The number of halogens is 2. The fourth-order valence-corrected chi connectivity index (χ4v) is 12.4. The molecule has 3 amide bonds. The van der Waals surface area contributed by atoms with Crippen molar-refractivity contribution < 1.29 is 37.7 Å². The molecule has 4 aliphatic heterocycles. The minimum Gasteiger partial charge on any atom is -0.462 e. The van der Waals surface area contributed by atoms with E-state index in [0.717, 1.165) is 41.1 Å². The molecule has 408 valence electrons. The van der Waals surface area contributed by atoms with Crippen LogP contribution in [0.2, 0.25) is 0 Å². The van der Waals surface area contributed by atoms with Gasteiger partial charge in [-0.05, 0) is 73.1 Å². The van der Waals surface area contributed by atoms with E-state index >= 15 is 8.78 Å². The molecule has 0 aliphatic carbocycles. The average molecular weight is 1090 g/mol. The second-order valence-corrected chi connectivity index (χ2v) is 23.5. The number of H-pyrrole nitrogens is 1. The highest BCUT2D eigenvalue weighted by atomic mass is 32.1. The summed E-state index contributed by atoms with van der Waals surface area (Å²) < 4.78 is 44.9. The van der Waals surface area contributed by atoms with Gasteiger partial charge < -0.3 is 45.3 Å². The number of ether oxygens (including phenoxy) is 2. The zero-order valence-electron chi connectivity index (χ0n) is 44.3. The molecule has 4 saturated heterocycles. The van der Waals surface area contributed by atoms with E-state index in [9.17, 15) is 19.5 Å². The number of hydrogen-bond donors (Lipinski definition) is 5. The van der Waals surface area contributed by atoms with Crippen molar-refractivity contribution in [2.24, 2.45) is 11.3 Å². The van der Waals surface area contributed by atoms with E-state index in [1.54, 1.807) is 35.7 Å². The van der Waals surface area contributed by atoms with Crippen molar-refractivity contribution in [3.05, 3.63) is 87.8 Å². The van der Waals surface area contributed by atoms with Gasteiger partial charge in [-0.3, -0.25) is 24.3 Å². The molecule has 0 radical (unpaired) electrons. The van der Waals surface area contributed by atoms with Gasteiger partial charge in [-0.2, -0.15) is 9.97 Å². The highest BCUT2D eigenvalue weighted by molar-refractivity contribution is 7.71. The first-order valence-corrected chi connectivity index (χ1v) is 27.9. The van der Waals surface area contributed by atoms with Crippen molar-refractivity contribution in [1.29, 1.82) is 0 Å². The van der Waals surface area contributed by atoms with Crippen LogP contribution in [-0.4, -0.2) is 146 Å². The van der Waals surface area contributed by atoms with E-state index in [2.05, 4.69) is 52.6 Å². The summed E-state index contributed by atoms with van der Waals surface area (Å²) in [6.07, 6.45) is 3.53. The number of hydrogen-bond acceptors (Lipinski definition) is 15. The number of aromatic nitrogens is 5. The molecule has 2 bridgehead atoms. The number of nitrogens with one attached hydrogen (secondary N) is 4. The molecule has 17 nitrogen and oxygen atoms in total. The number of aromatic amines is 1. The van der Waals surface area contributed by atoms with Gasteiger partial charge in [0, 0.05) is 81.9 Å². The van der Waals surface area contributed by atoms with Crippen molar-refractivity contribution in [1.82, 2.24) is 50.7 Å². The second kappa shape index (κ2) is 22.7. The molecular weight excluding hydrogens is 1020 g/mol. The first-order valence-electron chi connectivity index (χ1n) is 26.6. The van der Waals surface area contributed by atoms with Gasteiger partial charge in [0.15, 0.2) is 5.82 Å². The number of β-amino-alcohol motifs (C(OH)–C–C–N with tert-alkyl or cyclic N) is 1. The SMILES string of the molecule is Cc1ncsc1-c1ccc([C@H](C)NC(=O)[C@@H]2C[C@@H](O)CN2C(=O)[C@@H](NC(=O)CCOCCCN2C[C@@H](C)[C@H]2COc2nc(N3CC4CCC(C3)N4)c3cnc(-c4[nH]c(=S)cc5cccc(F)c45)c(F)c3n2)C(C)(C)C)cc1. The van der Waals surface area contributed by atoms with Crippen LogP contribution < -0.4 is 25.6 Å². The summed E-state index contributed by atoms with van der Waals surface area (Å²) in [5, 5.41) is 21.5. The quantitative estimate of drug-likeness (QED) is 0.0420. The molecule has 0 spiro atoms. The Labute approximate surface area is 455 Å². The molecule has 6 aromatic rings. The molecule has 2 aromatic carbocycles. The number of amides is 3. The molecule has 8 atom stereocenters. The largest absolute Gasteiger partial charge is 0.462 e. The number of thiazole rings is 1. The van der Waals surface area contributed by atoms with E-state index in [-0.39, 0.29) is 96.9 Å². The number of benzene rings is 2. The molecule has 4 aliphatic rings. The Morgan fingerprint density at radius 3 is 2.48 bits per heavy atom. The van der Waals surface area contributed by atoms with E-state index in [0.29, 0.717) is 59.8 Å². The Morgan fingerprint density at radius 2 is 1.77 bits per heavy atom. The Balaban J connectivity index is 0.724. The van der Waals surface area contributed by atoms with Gasteiger partial charge in [0.05, 0.1) is 45.9 Å². The van der Waals surface area contributed by atoms with Gasteiger partial charge in [0.25, 0.3) is 0 Å². The Kier molecular flexibility index (Phi) is 16.0. The summed E-state index contributed by atoms with van der Waals surface area (Å²) in [6.45, 7) is 15.3. The third-order valence-corrected chi connectivity index (χ3v) is 16.7. The zero-order chi connectivity index (χ0) is 54.3. The van der Waals surface area contributed by atoms with Crippen molar-refractivity contribution in [3.8, 4) is 27.8 Å². The van der Waals surface area contributed by atoms with Crippen LogP contribution in [0.1, 0.15) is 84.0 Å². The third kappa shape index (κ3) is 11.7. The number of likely N-dealkylation sites (tertiary alicyclic amines) is 2. The maximum absolute atomic E-state index is 17.0. The van der Waals surface area contributed by atoms with E-state index < -0.39 is 41.1 Å². The topological polar surface area (TPSA) is 203 Å². The number of aliphatic hydroxyl groups excluding tert-OH is 1. The molecule has 4 fully saturated rings. The summed E-state index contributed by atoms with van der Waals surface area (Å²) >= 11 is 7.03. The summed E-state index contributed by atoms with van der Waals surface area (Å²) in [5.74, 6) is -1.59. The van der Waals surface area contributed by atoms with Crippen LogP contribution in [0.3, 0.4) is 0 Å². The molecule has 8 heterocycles. The van der Waals surface area contributed by atoms with Gasteiger partial charge >= 0.3 is 6.01 Å². The third-order valence-electron chi connectivity index (χ3n) is 15.5. The maximum atomic E-state index is 17.0. The normalized spacial score (nSPS) is 22.3. The highest BCUT2D eigenvalue weighted by Crippen LogP contribution is 2.37. The van der Waals surface area contributed by atoms with E-state index in [1.807, 2.05) is 64.4 Å². The number of piperazine rings is 1. The van der Waals surface area contributed by atoms with E-state index in [4.69, 9.17) is 26.7 Å². The minimum absolute atomic E-state index is 0.0186. The first kappa shape index (κ1) is 54.3. The number of pyridine rings is 2. The van der Waals surface area contributed by atoms with Gasteiger partial charge in [-0.1, -0.05) is 76.3 Å². The van der Waals surface area contributed by atoms with Crippen LogP contribution in [-0.2, 0) is 19.1 Å². The monoisotopic (exact) mass is 1090 g/mol. The van der Waals surface area contributed by atoms with Crippen molar-refractivity contribution in [3.63, 3.8) is 0 Å². The van der Waals surface area contributed by atoms with Crippen LogP contribution in [0.5, 0.6) is 6.01 Å². The molecule has 5 N–H and O–H groups in total. The number of anilines is 1. The standard InChI is InChI=1S/C56H67F2N11O6S2/c1-30-24-67(42(30)28-75-55-65-47-39(52(66-55)68-25-36-15-16-37(26-68)62-36)23-59-49(46(47)58)48-45-35(21-44(76)64-48)9-7-10-40(45)57)18-8-19-74-20-17-43(71)63-51(56(4,5)6)54(73)69-27-38(70)22-41(69)53(72)61-31(2)33-11-13-34(14-12-33)50-32(3)60-29-77-50/h7,9-14,21,23,29-31,36-38,41-42,51,62,70H,8,15-20,22,24-28H2,1-6H3,(H,61,72)(H,63,71)(H,64,76)/t30-,31+,36?,37?,38-,41+,42-,51-/m1/s1. The summed E-state index contributed by atoms with van der Waals surface area (Å²) in [6, 6.07) is 12.6. The molecule has 77 heavy (non-hydrogen) atoms. The van der Waals surface area contributed by atoms with Crippen LogP contribution in [0.25, 0.3) is 43.5 Å². The fraction of sp³-hybridized carbons (Fsp3) is 0.500. The van der Waals surface area contributed by atoms with Crippen LogP contribution in [0.4, 0.5) is 14.6 Å². The van der Waals surface area contributed by atoms with Gasteiger partial charge in [0.2, 0.25) is 17.7 Å². The van der Waals surface area contributed by atoms with Crippen LogP contribution in [0, 0.1) is 34.5 Å². The Morgan fingerprint density at radius 1 is 1.00 bits per heavy atom. The highest BCUT2D eigenvalue weighted by Gasteiger charge is 2.45. The summed E-state index contributed by atoms with van der Waals surface area (Å²) in [4.78, 5) is 69.7. The maximum Gasteiger partial charge on any atom is 0.319 e. The Bertz CT molecular complexity index is 3220. The lowest BCUT2D eigenvalue weighted by Crippen LogP contribution is -2.58. The number of rotatable bonds is 18. The number of nitrogens with zero attached hydrogens (tertiary/aromatic N) is 7. The summed E-state index contributed by atoms with van der Waals surface area (Å²) in [5.41, 5.74) is 4.04. The van der Waals surface area contributed by atoms with Gasteiger partial charge in [0.1, 0.15) is 46.2 Å². The molecule has 0 saturated carbocycles. The predicted octanol–water partition coefficient (Wildman–Crippen LogP) is 7.42. The molecule has 21 heteroatoms. The lowest BCUT2D eigenvalue weighted by Gasteiger charge is -2.46. The fourth-order valence-electron chi connectivity index (χ4n) is 11.4. The Hall–Kier alpha value is -6.10. The first-order chi connectivity index (χ1) is 36.9. The smallest absolute Gasteiger partial charge is 0.319 e. The molecular formula is C56H67F2N11O6S2. The average Bonchev–Trinajstić information content (AvgIpc) is 4.13. The number of aryl methyl sites for hydroxylation is 1. The minimum atomic E-state index is -0.958. The van der Waals surface area contributed by atoms with Crippen LogP contribution >= 0.6 is 23.6 Å². The summed E-state index contributed by atoms with van der Waals surface area (Å²) in [7, 11) is 0. The number of carbonyl (C=O) groups excluding carboxylic acids is 3. The van der Waals surface area contributed by atoms with Crippen molar-refractivity contribution in [2.45, 2.75) is 116 Å². The molecule has 10 rings (SSSR count). The number of fused-ring (bicyclic) bond motifs is 4. The number of carbonyl (C=O) groups is 3. The van der Waals surface area contributed by atoms with Crippen LogP contribution in [0.15, 0.2) is 60.2 Å². The number of aliphatic hydroxyl groups is 1. The van der Waals surface area contributed by atoms with Gasteiger partial charge in [-0.15, -0.1) is 11.3 Å². The molecule has 4 aromatic heterocycles. The molecule has 2 unspecified atom stereocenters.